The van der Waals surface area contributed by atoms with Crippen LogP contribution in [0.25, 0.3) is 11.0 Å². The summed E-state index contributed by atoms with van der Waals surface area (Å²) in [7, 11) is 2.63. The third-order valence-corrected chi connectivity index (χ3v) is 3.90. The van der Waals surface area contributed by atoms with Crippen LogP contribution in [0.4, 0.5) is 23.2 Å². The van der Waals surface area contributed by atoms with Crippen LogP contribution in [0.3, 0.4) is 0 Å². The monoisotopic (exact) mass is 382 g/mol. The highest BCUT2D eigenvalue weighted by molar-refractivity contribution is 6.05. The Hall–Kier alpha value is -3.50. The zero-order valence-electron chi connectivity index (χ0n) is 13.8. The summed E-state index contributed by atoms with van der Waals surface area (Å²) in [6, 6.07) is 1.37. The molecule has 0 unspecified atom stereocenters. The van der Waals surface area contributed by atoms with Gasteiger partial charge >= 0.3 is 5.69 Å². The number of nitrogens with zero attached hydrogens (tertiary/aromatic N) is 3. The van der Waals surface area contributed by atoms with E-state index in [2.05, 4.69) is 10.3 Å². The van der Waals surface area contributed by atoms with Crippen LogP contribution in [0, 0.1) is 23.3 Å². The molecule has 0 aliphatic heterocycles. The molecule has 3 rings (SSSR count). The summed E-state index contributed by atoms with van der Waals surface area (Å²) in [5, 5.41) is 2.08. The molecule has 1 aromatic carbocycles. The lowest BCUT2D eigenvalue weighted by molar-refractivity contribution is 0.102. The fourth-order valence-electron chi connectivity index (χ4n) is 2.47. The molecular formula is C16H10F4N4O3. The Morgan fingerprint density at radius 3 is 2.33 bits per heavy atom. The van der Waals surface area contributed by atoms with Crippen LogP contribution < -0.4 is 16.6 Å². The van der Waals surface area contributed by atoms with Crippen LogP contribution in [0.5, 0.6) is 0 Å². The summed E-state index contributed by atoms with van der Waals surface area (Å²) >= 11 is 0. The van der Waals surface area contributed by atoms with E-state index in [0.29, 0.717) is 0 Å². The molecule has 0 radical (unpaired) electrons. The highest BCUT2D eigenvalue weighted by Crippen LogP contribution is 2.20. The molecule has 0 bridgehead atoms. The largest absolute Gasteiger partial charge is 0.332 e. The number of carbonyl (C=O) groups excluding carboxylic acids is 1. The van der Waals surface area contributed by atoms with Gasteiger partial charge in [-0.2, -0.15) is 0 Å². The second-order valence-electron chi connectivity index (χ2n) is 5.60. The van der Waals surface area contributed by atoms with Crippen molar-refractivity contribution in [3.63, 3.8) is 0 Å². The van der Waals surface area contributed by atoms with Gasteiger partial charge in [0.25, 0.3) is 11.5 Å². The summed E-state index contributed by atoms with van der Waals surface area (Å²) in [6.07, 6.45) is 1.06. The fourth-order valence-corrected chi connectivity index (χ4v) is 2.47. The maximum absolute atomic E-state index is 13.7. The first-order valence-electron chi connectivity index (χ1n) is 7.33. The topological polar surface area (TPSA) is 86.0 Å². The van der Waals surface area contributed by atoms with E-state index in [9.17, 15) is 31.9 Å². The van der Waals surface area contributed by atoms with Gasteiger partial charge in [0, 0.05) is 14.1 Å². The molecule has 0 atom stereocenters. The molecule has 0 aliphatic rings. The van der Waals surface area contributed by atoms with Gasteiger partial charge in [-0.15, -0.1) is 0 Å². The van der Waals surface area contributed by atoms with Crippen molar-refractivity contribution in [3.8, 4) is 0 Å². The van der Waals surface area contributed by atoms with Crippen LogP contribution in [0.2, 0.25) is 0 Å². The first-order valence-corrected chi connectivity index (χ1v) is 7.33. The number of anilines is 1. The third-order valence-electron chi connectivity index (χ3n) is 3.90. The van der Waals surface area contributed by atoms with Crippen molar-refractivity contribution in [2.75, 3.05) is 5.32 Å². The van der Waals surface area contributed by atoms with E-state index < -0.39 is 46.0 Å². The molecule has 140 valence electrons. The molecule has 0 saturated carbocycles. The van der Waals surface area contributed by atoms with Crippen LogP contribution in [0.1, 0.15) is 10.4 Å². The standard InChI is InChI=1S/C16H10F4N4O3/c1-23-13-8(15(26)24(2)16(23)27)3-6(5-21-13)22-14(25)7-4-9(17)11(19)12(20)10(7)18/h3-5H,1-2H3,(H,22,25). The molecule has 2 aromatic heterocycles. The number of aryl methyl sites for hydroxylation is 1. The van der Waals surface area contributed by atoms with E-state index in [-0.39, 0.29) is 22.8 Å². The van der Waals surface area contributed by atoms with Crippen molar-refractivity contribution < 1.29 is 22.4 Å². The maximum Gasteiger partial charge on any atom is 0.332 e. The lowest BCUT2D eigenvalue weighted by Crippen LogP contribution is -2.37. The molecule has 3 aromatic rings. The van der Waals surface area contributed by atoms with E-state index in [1.54, 1.807) is 0 Å². The zero-order valence-corrected chi connectivity index (χ0v) is 13.8. The van der Waals surface area contributed by atoms with E-state index in [1.165, 1.54) is 14.1 Å². The molecular weight excluding hydrogens is 372 g/mol. The highest BCUT2D eigenvalue weighted by Gasteiger charge is 2.23. The van der Waals surface area contributed by atoms with E-state index in [1.807, 2.05) is 0 Å². The second-order valence-corrected chi connectivity index (χ2v) is 5.60. The number of halogens is 4. The van der Waals surface area contributed by atoms with Crippen LogP contribution in [-0.4, -0.2) is 20.0 Å². The third kappa shape index (κ3) is 2.86. The summed E-state index contributed by atoms with van der Waals surface area (Å²) in [6.45, 7) is 0. The SMILES string of the molecule is Cn1c(=O)c2cc(NC(=O)c3cc(F)c(F)c(F)c3F)cnc2n(C)c1=O. The van der Waals surface area contributed by atoms with Crippen molar-refractivity contribution in [2.45, 2.75) is 0 Å². The minimum absolute atomic E-state index is 0.0330. The summed E-state index contributed by atoms with van der Waals surface area (Å²) in [5.74, 6) is -9.05. The normalized spacial score (nSPS) is 11.0. The number of hydrogen-bond donors (Lipinski definition) is 1. The Bertz CT molecular complexity index is 1230. The molecule has 0 fully saturated rings. The molecule has 1 amide bonds. The Labute approximate surface area is 147 Å². The lowest BCUT2D eigenvalue weighted by atomic mass is 10.1. The van der Waals surface area contributed by atoms with Crippen LogP contribution in [-0.2, 0) is 14.1 Å². The Balaban J connectivity index is 2.07. The molecule has 1 N–H and O–H groups in total. The predicted molar refractivity (Wildman–Crippen MR) is 86.5 cm³/mol. The number of carbonyl (C=O) groups is 1. The van der Waals surface area contributed by atoms with Crippen molar-refractivity contribution in [3.05, 3.63) is 68.0 Å². The molecule has 0 aliphatic carbocycles. The summed E-state index contributed by atoms with van der Waals surface area (Å²) in [5.41, 5.74) is -2.45. The minimum Gasteiger partial charge on any atom is -0.320 e. The van der Waals surface area contributed by atoms with Crippen molar-refractivity contribution >= 4 is 22.6 Å². The van der Waals surface area contributed by atoms with Gasteiger partial charge in [0.15, 0.2) is 23.3 Å². The average molecular weight is 382 g/mol. The van der Waals surface area contributed by atoms with E-state index >= 15 is 0 Å². The fraction of sp³-hybridized carbons (Fsp3) is 0.125. The predicted octanol–water partition coefficient (Wildman–Crippen LogP) is 1.44. The number of hydrogen-bond acceptors (Lipinski definition) is 4. The number of benzene rings is 1. The van der Waals surface area contributed by atoms with Gasteiger partial charge in [-0.3, -0.25) is 18.7 Å². The Morgan fingerprint density at radius 2 is 1.67 bits per heavy atom. The van der Waals surface area contributed by atoms with Gasteiger partial charge < -0.3 is 5.32 Å². The van der Waals surface area contributed by atoms with Crippen LogP contribution in [0.15, 0.2) is 27.9 Å². The van der Waals surface area contributed by atoms with E-state index in [4.69, 9.17) is 0 Å². The van der Waals surface area contributed by atoms with Gasteiger partial charge in [-0.05, 0) is 12.1 Å². The molecule has 2 heterocycles. The molecule has 11 heteroatoms. The Morgan fingerprint density at radius 1 is 1.00 bits per heavy atom. The lowest BCUT2D eigenvalue weighted by Gasteiger charge is -2.10. The van der Waals surface area contributed by atoms with Crippen molar-refractivity contribution in [1.29, 1.82) is 0 Å². The maximum atomic E-state index is 13.7. The van der Waals surface area contributed by atoms with Gasteiger partial charge in [-0.1, -0.05) is 0 Å². The molecule has 0 spiro atoms. The van der Waals surface area contributed by atoms with Gasteiger partial charge in [0.1, 0.15) is 5.65 Å². The molecule has 0 saturated heterocycles. The first-order chi connectivity index (χ1) is 12.6. The quantitative estimate of drug-likeness (QED) is 0.413. The van der Waals surface area contributed by atoms with Crippen LogP contribution >= 0.6 is 0 Å². The number of amides is 1. The van der Waals surface area contributed by atoms with Crippen molar-refractivity contribution in [1.82, 2.24) is 14.1 Å². The smallest absolute Gasteiger partial charge is 0.320 e. The Kier molecular flexibility index (Phi) is 4.30. The number of aromatic nitrogens is 3. The van der Waals surface area contributed by atoms with Gasteiger partial charge in [-0.25, -0.2) is 27.3 Å². The number of nitrogens with one attached hydrogen (secondary N) is 1. The number of pyridine rings is 1. The minimum atomic E-state index is -2.12. The van der Waals surface area contributed by atoms with E-state index in [0.717, 1.165) is 21.4 Å². The summed E-state index contributed by atoms with van der Waals surface area (Å²) < 4.78 is 55.2. The number of rotatable bonds is 2. The highest BCUT2D eigenvalue weighted by atomic mass is 19.2. The number of fused-ring (bicyclic) bond motifs is 1. The molecule has 27 heavy (non-hydrogen) atoms. The first kappa shape index (κ1) is 18.3. The summed E-state index contributed by atoms with van der Waals surface area (Å²) in [4.78, 5) is 40.0. The van der Waals surface area contributed by atoms with Crippen molar-refractivity contribution in [2.24, 2.45) is 14.1 Å². The van der Waals surface area contributed by atoms with Gasteiger partial charge in [0.05, 0.1) is 22.8 Å². The van der Waals surface area contributed by atoms with Gasteiger partial charge in [0.2, 0.25) is 0 Å². The molecule has 7 nitrogen and oxygen atoms in total. The second kappa shape index (κ2) is 6.34. The zero-order chi connectivity index (χ0) is 20.0. The average Bonchev–Trinajstić information content (AvgIpc) is 2.65.